The molecule has 0 aliphatic rings. The van der Waals surface area contributed by atoms with Gasteiger partial charge in [-0.2, -0.15) is 5.10 Å². The molecule has 0 aliphatic heterocycles. The minimum atomic E-state index is -0.312. The molecule has 1 heterocycles. The van der Waals surface area contributed by atoms with Crippen LogP contribution in [0.15, 0.2) is 65.7 Å². The zero-order chi connectivity index (χ0) is 17.1. The average molecular weight is 322 g/mol. The molecule has 0 bridgehead atoms. The van der Waals surface area contributed by atoms with E-state index < -0.39 is 0 Å². The van der Waals surface area contributed by atoms with Gasteiger partial charge < -0.3 is 4.90 Å². The number of rotatable bonds is 4. The molecule has 0 saturated carbocycles. The molecule has 0 N–H and O–H groups in total. The number of para-hydroxylation sites is 1. The largest absolute Gasteiger partial charge is 0.345 e. The van der Waals surface area contributed by atoms with Crippen molar-refractivity contribution in [1.82, 2.24) is 14.3 Å². The Bertz CT molecular complexity index is 912. The van der Waals surface area contributed by atoms with Gasteiger partial charge in [0.2, 0.25) is 5.91 Å². The predicted molar refractivity (Wildman–Crippen MR) is 92.8 cm³/mol. The van der Waals surface area contributed by atoms with Gasteiger partial charge in [0.25, 0.3) is 0 Å². The van der Waals surface area contributed by atoms with E-state index >= 15 is 0 Å². The predicted octanol–water partition coefficient (Wildman–Crippen LogP) is 1.91. The highest BCUT2D eigenvalue weighted by atomic mass is 16.2. The molecule has 1 aromatic heterocycles. The number of carbonyl (C=O) groups is 1. The van der Waals surface area contributed by atoms with Crippen molar-refractivity contribution in [1.29, 1.82) is 0 Å². The number of hydrogen-bond donors (Lipinski definition) is 0. The van der Waals surface area contributed by atoms with E-state index in [2.05, 4.69) is 5.10 Å². The third kappa shape index (κ3) is 2.99. The maximum Gasteiger partial charge on any atom is 0.345 e. The molecule has 122 valence electrons. The van der Waals surface area contributed by atoms with Crippen molar-refractivity contribution < 1.29 is 4.79 Å². The van der Waals surface area contributed by atoms with Gasteiger partial charge in [-0.15, -0.1) is 0 Å². The highest BCUT2D eigenvalue weighted by Gasteiger charge is 2.17. The number of carbonyl (C=O) groups excluding carboxylic acids is 1. The molecule has 3 aromatic rings. The third-order valence-electron chi connectivity index (χ3n) is 3.90. The monoisotopic (exact) mass is 322 g/mol. The van der Waals surface area contributed by atoms with Crippen molar-refractivity contribution in [2.75, 3.05) is 11.9 Å². The van der Waals surface area contributed by atoms with E-state index in [4.69, 9.17) is 0 Å². The second-order valence-corrected chi connectivity index (χ2v) is 5.52. The SMILES string of the molecule is CN(C(=O)Cn1ncn(C)c1=O)c1ccccc1-c1ccccc1. The summed E-state index contributed by atoms with van der Waals surface area (Å²) < 4.78 is 2.50. The van der Waals surface area contributed by atoms with Gasteiger partial charge >= 0.3 is 5.69 Å². The molecule has 0 spiro atoms. The van der Waals surface area contributed by atoms with E-state index in [-0.39, 0.29) is 18.1 Å². The molecular weight excluding hydrogens is 304 g/mol. The number of likely N-dealkylation sites (N-methyl/N-ethyl adjacent to an activating group) is 1. The summed E-state index contributed by atoms with van der Waals surface area (Å²) in [6.07, 6.45) is 1.40. The molecule has 2 aromatic carbocycles. The van der Waals surface area contributed by atoms with Crippen molar-refractivity contribution in [3.05, 3.63) is 71.4 Å². The average Bonchev–Trinajstić information content (AvgIpc) is 2.94. The molecule has 0 aliphatic carbocycles. The molecule has 6 heteroatoms. The van der Waals surface area contributed by atoms with Crippen LogP contribution >= 0.6 is 0 Å². The van der Waals surface area contributed by atoms with Crippen molar-refractivity contribution >= 4 is 11.6 Å². The number of hydrogen-bond acceptors (Lipinski definition) is 3. The van der Waals surface area contributed by atoms with E-state index in [1.165, 1.54) is 10.9 Å². The Morgan fingerprint density at radius 2 is 1.75 bits per heavy atom. The van der Waals surface area contributed by atoms with Gasteiger partial charge in [-0.25, -0.2) is 9.48 Å². The summed E-state index contributed by atoms with van der Waals surface area (Å²) in [5.41, 5.74) is 2.47. The molecule has 3 rings (SSSR count). The van der Waals surface area contributed by atoms with Crippen molar-refractivity contribution in [2.24, 2.45) is 7.05 Å². The fraction of sp³-hybridized carbons (Fsp3) is 0.167. The smallest absolute Gasteiger partial charge is 0.313 e. The molecule has 0 fully saturated rings. The number of benzene rings is 2. The molecule has 0 saturated heterocycles. The molecule has 24 heavy (non-hydrogen) atoms. The lowest BCUT2D eigenvalue weighted by molar-refractivity contribution is -0.119. The fourth-order valence-electron chi connectivity index (χ4n) is 2.53. The molecular formula is C18H18N4O2. The van der Waals surface area contributed by atoms with Crippen LogP contribution in [0.4, 0.5) is 5.69 Å². The summed E-state index contributed by atoms with van der Waals surface area (Å²) in [5, 5.41) is 3.93. The van der Waals surface area contributed by atoms with Crippen LogP contribution in [0.25, 0.3) is 11.1 Å². The van der Waals surface area contributed by atoms with Gasteiger partial charge in [-0.3, -0.25) is 9.36 Å². The van der Waals surface area contributed by atoms with E-state index in [0.717, 1.165) is 21.5 Å². The molecule has 6 nitrogen and oxygen atoms in total. The highest BCUT2D eigenvalue weighted by Crippen LogP contribution is 2.30. The normalized spacial score (nSPS) is 10.6. The lowest BCUT2D eigenvalue weighted by Gasteiger charge is -2.20. The zero-order valence-electron chi connectivity index (χ0n) is 13.6. The first-order chi connectivity index (χ1) is 11.6. The Hall–Kier alpha value is -3.15. The fourth-order valence-corrected chi connectivity index (χ4v) is 2.53. The maximum atomic E-state index is 12.6. The first-order valence-electron chi connectivity index (χ1n) is 7.57. The quantitative estimate of drug-likeness (QED) is 0.737. The van der Waals surface area contributed by atoms with Crippen LogP contribution in [-0.2, 0) is 18.4 Å². The Kier molecular flexibility index (Phi) is 4.29. The number of anilines is 1. The summed E-state index contributed by atoms with van der Waals surface area (Å²) in [5.74, 6) is -0.209. The first kappa shape index (κ1) is 15.7. The van der Waals surface area contributed by atoms with E-state index in [1.807, 2.05) is 54.6 Å². The summed E-state index contributed by atoms with van der Waals surface area (Å²) in [7, 11) is 3.31. The summed E-state index contributed by atoms with van der Waals surface area (Å²) in [6, 6.07) is 17.6. The van der Waals surface area contributed by atoms with Crippen molar-refractivity contribution in [3.63, 3.8) is 0 Å². The summed E-state index contributed by atoms with van der Waals surface area (Å²) in [4.78, 5) is 26.0. The lowest BCUT2D eigenvalue weighted by atomic mass is 10.0. The van der Waals surface area contributed by atoms with Gasteiger partial charge in [-0.05, 0) is 11.6 Å². The molecule has 0 radical (unpaired) electrons. The Labute approximate surface area is 139 Å². The Morgan fingerprint density at radius 3 is 2.42 bits per heavy atom. The molecule has 0 unspecified atom stereocenters. The second-order valence-electron chi connectivity index (χ2n) is 5.52. The molecule has 0 atom stereocenters. The standard InChI is InChI=1S/C18H18N4O2/c1-20-13-19-22(18(20)24)12-17(23)21(2)16-11-7-6-10-15(16)14-8-4-3-5-9-14/h3-11,13H,12H2,1-2H3. The van der Waals surface area contributed by atoms with Gasteiger partial charge in [-0.1, -0.05) is 48.5 Å². The number of aromatic nitrogens is 3. The summed E-state index contributed by atoms with van der Waals surface area (Å²) >= 11 is 0. The third-order valence-corrected chi connectivity index (χ3v) is 3.90. The van der Waals surface area contributed by atoms with Crippen LogP contribution < -0.4 is 10.6 Å². The molecule has 1 amide bonds. The van der Waals surface area contributed by atoms with Gasteiger partial charge in [0.15, 0.2) is 0 Å². The summed E-state index contributed by atoms with van der Waals surface area (Å²) in [6.45, 7) is -0.0979. The maximum absolute atomic E-state index is 12.6. The lowest BCUT2D eigenvalue weighted by Crippen LogP contribution is -2.35. The van der Waals surface area contributed by atoms with Crippen LogP contribution in [0.3, 0.4) is 0 Å². The highest BCUT2D eigenvalue weighted by molar-refractivity contribution is 5.97. The minimum Gasteiger partial charge on any atom is -0.313 e. The first-order valence-corrected chi connectivity index (χ1v) is 7.57. The van der Waals surface area contributed by atoms with Gasteiger partial charge in [0, 0.05) is 19.7 Å². The number of nitrogens with zero attached hydrogens (tertiary/aromatic N) is 4. The Balaban J connectivity index is 1.90. The number of amides is 1. The minimum absolute atomic E-state index is 0.0979. The van der Waals surface area contributed by atoms with Crippen LogP contribution in [0.2, 0.25) is 0 Å². The van der Waals surface area contributed by atoms with Crippen LogP contribution in [0.5, 0.6) is 0 Å². The zero-order valence-corrected chi connectivity index (χ0v) is 13.6. The van der Waals surface area contributed by atoms with Crippen LogP contribution in [-0.4, -0.2) is 27.3 Å². The van der Waals surface area contributed by atoms with Crippen LogP contribution in [0, 0.1) is 0 Å². The number of aryl methyl sites for hydroxylation is 1. The van der Waals surface area contributed by atoms with E-state index in [0.29, 0.717) is 0 Å². The topological polar surface area (TPSA) is 60.1 Å². The van der Waals surface area contributed by atoms with Gasteiger partial charge in [0.05, 0.1) is 5.69 Å². The van der Waals surface area contributed by atoms with Crippen LogP contribution in [0.1, 0.15) is 0 Å². The second kappa shape index (κ2) is 6.54. The van der Waals surface area contributed by atoms with Gasteiger partial charge in [0.1, 0.15) is 12.9 Å². The van der Waals surface area contributed by atoms with E-state index in [1.54, 1.807) is 19.0 Å². The van der Waals surface area contributed by atoms with Crippen molar-refractivity contribution in [2.45, 2.75) is 6.54 Å². The van der Waals surface area contributed by atoms with E-state index in [9.17, 15) is 9.59 Å². The Morgan fingerprint density at radius 1 is 1.08 bits per heavy atom. The van der Waals surface area contributed by atoms with Crippen molar-refractivity contribution in [3.8, 4) is 11.1 Å².